The Bertz CT molecular complexity index is 1680. The van der Waals surface area contributed by atoms with Crippen LogP contribution in [0.2, 0.25) is 0 Å². The van der Waals surface area contributed by atoms with Crippen molar-refractivity contribution >= 4 is 50.4 Å². The molecule has 3 unspecified atom stereocenters. The third kappa shape index (κ3) is 5.43. The Morgan fingerprint density at radius 3 is 2.57 bits per heavy atom. The van der Waals surface area contributed by atoms with Crippen LogP contribution in [0.4, 0.5) is 5.69 Å². The van der Waals surface area contributed by atoms with Crippen molar-refractivity contribution in [3.63, 3.8) is 0 Å². The maximum absolute atomic E-state index is 14.8. The first-order valence-electron chi connectivity index (χ1n) is 15.8. The van der Waals surface area contributed by atoms with Gasteiger partial charge in [-0.1, -0.05) is 45.4 Å². The lowest BCUT2D eigenvalue weighted by Crippen LogP contribution is -2.58. The second kappa shape index (κ2) is 13.2. The summed E-state index contributed by atoms with van der Waals surface area (Å²) >= 11 is 3.75. The van der Waals surface area contributed by atoms with Crippen LogP contribution in [-0.2, 0) is 25.8 Å². The number of fused-ring (bicyclic) bond motifs is 2. The predicted molar refractivity (Wildman–Crippen MR) is 179 cm³/mol. The van der Waals surface area contributed by atoms with Crippen LogP contribution in [0, 0.1) is 11.8 Å². The van der Waals surface area contributed by atoms with Gasteiger partial charge in [-0.25, -0.2) is 4.68 Å². The number of ether oxygens (including phenoxy) is 2. The summed E-state index contributed by atoms with van der Waals surface area (Å²) in [6.45, 7) is 11.9. The monoisotopic (exact) mass is 706 g/mol. The van der Waals surface area contributed by atoms with Gasteiger partial charge < -0.3 is 29.3 Å². The molecule has 3 aliphatic rings. The first-order chi connectivity index (χ1) is 22.7. The lowest BCUT2D eigenvalue weighted by Gasteiger charge is -2.38. The van der Waals surface area contributed by atoms with E-state index in [4.69, 9.17) is 9.47 Å². The van der Waals surface area contributed by atoms with Gasteiger partial charge in [0.25, 0.3) is 0 Å². The van der Waals surface area contributed by atoms with E-state index in [-0.39, 0.29) is 48.9 Å². The smallest absolute Gasteiger partial charge is 0.250 e. The molecular formula is C34H39BrN6O6. The van der Waals surface area contributed by atoms with E-state index < -0.39 is 35.6 Å². The fraction of sp³-hybridized carbons (Fsp3) is 0.441. The van der Waals surface area contributed by atoms with Crippen LogP contribution < -0.4 is 9.64 Å². The highest BCUT2D eigenvalue weighted by molar-refractivity contribution is 9.09. The van der Waals surface area contributed by atoms with Gasteiger partial charge in [0.05, 0.1) is 42.7 Å². The number of alkyl halides is 1. The molecule has 3 fully saturated rings. The van der Waals surface area contributed by atoms with Crippen LogP contribution in [-0.4, -0.2) is 103 Å². The van der Waals surface area contributed by atoms with Crippen LogP contribution in [0.15, 0.2) is 73.8 Å². The number of hydrogen-bond acceptors (Lipinski definition) is 8. The number of amides is 3. The Labute approximate surface area is 281 Å². The van der Waals surface area contributed by atoms with Crippen molar-refractivity contribution < 1.29 is 29.0 Å². The van der Waals surface area contributed by atoms with Gasteiger partial charge in [-0.2, -0.15) is 0 Å². The Morgan fingerprint density at radius 2 is 1.89 bits per heavy atom. The van der Waals surface area contributed by atoms with Gasteiger partial charge >= 0.3 is 0 Å². The number of anilines is 1. The molecule has 1 aromatic heterocycles. The minimum atomic E-state index is -1.31. The summed E-state index contributed by atoms with van der Waals surface area (Å²) in [5.41, 5.74) is 0.743. The number of hydrogen-bond donors (Lipinski definition) is 1. The SMILES string of the molecule is C=CCN(Cn1nnc2ccccc21)C(=O)C1N([C@H](C)CO)C(=O)[C@@H]2[C@@H](C(=O)N(CC=C)c3ccc(OCC)cc3)[C@@H]3OC12CC3Br. The van der Waals surface area contributed by atoms with Crippen molar-refractivity contribution in [3.05, 3.63) is 73.8 Å². The van der Waals surface area contributed by atoms with Gasteiger partial charge in [-0.15, -0.1) is 18.3 Å². The standard InChI is InChI=1S/C34H39BrN6O6/c1-5-16-38(20-40-26-11-9-8-10-25(26)36-37-40)33(45)30-34-18-24(35)29(47-34)27(28(34)32(44)41(30)21(4)19-42)31(43)39(17-6-2)22-12-14-23(15-13-22)46-7-3/h5-6,8-15,21,24,27-30,42H,1-2,7,16-20H2,3-4H3/t21-,24?,27-,28+,29-,30?,34?/m1/s1. The molecular weight excluding hydrogens is 668 g/mol. The molecule has 0 aliphatic carbocycles. The molecule has 1 spiro atoms. The minimum absolute atomic E-state index is 0.0481. The molecule has 3 saturated heterocycles. The average Bonchev–Trinajstić information content (AvgIpc) is 3.80. The number of aromatic nitrogens is 3. The molecule has 2 aromatic carbocycles. The van der Waals surface area contributed by atoms with Crippen molar-refractivity contribution in [2.24, 2.45) is 11.8 Å². The van der Waals surface area contributed by atoms with Gasteiger partial charge in [-0.05, 0) is 56.7 Å². The number of carbonyl (C=O) groups is 3. The van der Waals surface area contributed by atoms with Crippen molar-refractivity contribution in [2.45, 2.75) is 55.6 Å². The molecule has 6 rings (SSSR count). The molecule has 248 valence electrons. The number of aliphatic hydroxyl groups is 1. The lowest BCUT2D eigenvalue weighted by molar-refractivity contribution is -0.151. The second-order valence-electron chi connectivity index (χ2n) is 12.2. The highest BCUT2D eigenvalue weighted by Gasteiger charge is 2.77. The number of nitrogens with zero attached hydrogens (tertiary/aromatic N) is 6. The molecule has 2 bridgehead atoms. The summed E-state index contributed by atoms with van der Waals surface area (Å²) in [4.78, 5) is 48.1. The number of para-hydroxylation sites is 1. The predicted octanol–water partition coefficient (Wildman–Crippen LogP) is 3.15. The average molecular weight is 708 g/mol. The zero-order chi connectivity index (χ0) is 33.5. The van der Waals surface area contributed by atoms with E-state index in [1.165, 1.54) is 4.90 Å². The largest absolute Gasteiger partial charge is 0.494 e. The molecule has 3 amide bonds. The molecule has 3 aliphatic heterocycles. The second-order valence-corrected chi connectivity index (χ2v) is 13.3. The Balaban J connectivity index is 1.38. The maximum Gasteiger partial charge on any atom is 0.250 e. The van der Waals surface area contributed by atoms with E-state index in [0.717, 1.165) is 5.52 Å². The molecule has 13 heteroatoms. The van der Waals surface area contributed by atoms with Crippen LogP contribution in [0.1, 0.15) is 20.3 Å². The number of carbonyl (C=O) groups excluding carboxylic acids is 3. The molecule has 0 saturated carbocycles. The van der Waals surface area contributed by atoms with Gasteiger partial charge in [0, 0.05) is 23.6 Å². The van der Waals surface area contributed by atoms with Crippen molar-refractivity contribution in [3.8, 4) is 5.75 Å². The highest BCUT2D eigenvalue weighted by atomic mass is 79.9. The zero-order valence-corrected chi connectivity index (χ0v) is 28.0. The Hall–Kier alpha value is -4.07. The van der Waals surface area contributed by atoms with Gasteiger partial charge in [0.1, 0.15) is 29.6 Å². The van der Waals surface area contributed by atoms with E-state index in [9.17, 15) is 19.5 Å². The first-order valence-corrected chi connectivity index (χ1v) is 16.7. The summed E-state index contributed by atoms with van der Waals surface area (Å²) < 4.78 is 13.9. The number of benzene rings is 2. The minimum Gasteiger partial charge on any atom is -0.494 e. The van der Waals surface area contributed by atoms with E-state index in [0.29, 0.717) is 30.0 Å². The summed E-state index contributed by atoms with van der Waals surface area (Å²) in [6, 6.07) is 12.8. The van der Waals surface area contributed by atoms with Crippen molar-refractivity contribution in [1.82, 2.24) is 24.8 Å². The third-order valence-corrected chi connectivity index (χ3v) is 10.3. The van der Waals surface area contributed by atoms with Crippen LogP contribution in [0.5, 0.6) is 5.75 Å². The molecule has 3 aromatic rings. The fourth-order valence-electron chi connectivity index (χ4n) is 7.44. The van der Waals surface area contributed by atoms with Crippen LogP contribution >= 0.6 is 15.9 Å². The number of halogens is 1. The topological polar surface area (TPSA) is 130 Å². The number of likely N-dealkylation sites (tertiary alicyclic amines) is 1. The van der Waals surface area contributed by atoms with Crippen LogP contribution in [0.25, 0.3) is 11.0 Å². The quantitative estimate of drug-likeness (QED) is 0.212. The third-order valence-electron chi connectivity index (χ3n) is 9.41. The van der Waals surface area contributed by atoms with Crippen molar-refractivity contribution in [2.75, 3.05) is 31.2 Å². The summed E-state index contributed by atoms with van der Waals surface area (Å²) in [5.74, 6) is -2.22. The summed E-state index contributed by atoms with van der Waals surface area (Å²) in [6.07, 6.45) is 2.93. The Kier molecular flexibility index (Phi) is 9.23. The summed E-state index contributed by atoms with van der Waals surface area (Å²) in [7, 11) is 0. The lowest BCUT2D eigenvalue weighted by atomic mass is 9.70. The summed E-state index contributed by atoms with van der Waals surface area (Å²) in [5, 5.41) is 18.8. The van der Waals surface area contributed by atoms with Gasteiger partial charge in [0.15, 0.2) is 0 Å². The number of aliphatic hydroxyl groups excluding tert-OH is 1. The van der Waals surface area contributed by atoms with E-state index >= 15 is 0 Å². The molecule has 7 atom stereocenters. The zero-order valence-electron chi connectivity index (χ0n) is 26.4. The van der Waals surface area contributed by atoms with Crippen molar-refractivity contribution in [1.29, 1.82) is 0 Å². The van der Waals surface area contributed by atoms with Gasteiger partial charge in [0.2, 0.25) is 17.7 Å². The molecule has 47 heavy (non-hydrogen) atoms. The van der Waals surface area contributed by atoms with Crippen LogP contribution in [0.3, 0.4) is 0 Å². The van der Waals surface area contributed by atoms with E-state index in [1.807, 2.05) is 31.2 Å². The van der Waals surface area contributed by atoms with Gasteiger partial charge in [-0.3, -0.25) is 14.4 Å². The molecule has 1 N–H and O–H groups in total. The molecule has 4 heterocycles. The highest BCUT2D eigenvalue weighted by Crippen LogP contribution is 2.61. The first kappa shape index (κ1) is 32.9. The normalized spacial score (nSPS) is 26.7. The number of rotatable bonds is 13. The maximum atomic E-state index is 14.8. The van der Waals surface area contributed by atoms with E-state index in [2.05, 4.69) is 39.4 Å². The Morgan fingerprint density at radius 1 is 1.17 bits per heavy atom. The molecule has 12 nitrogen and oxygen atoms in total. The molecule has 0 radical (unpaired) electrons. The fourth-order valence-corrected chi connectivity index (χ4v) is 8.38. The van der Waals surface area contributed by atoms with E-state index in [1.54, 1.807) is 57.8 Å².